The number of hydrogen-bond donors (Lipinski definition) is 3. The lowest BCUT2D eigenvalue weighted by molar-refractivity contribution is 0.0982. The quantitative estimate of drug-likeness (QED) is 0.211. The van der Waals surface area contributed by atoms with Crippen LogP contribution < -0.4 is 25.0 Å². The van der Waals surface area contributed by atoms with E-state index in [9.17, 15) is 8.42 Å². The van der Waals surface area contributed by atoms with Crippen molar-refractivity contribution in [2.75, 3.05) is 79.4 Å². The van der Waals surface area contributed by atoms with Crippen molar-refractivity contribution in [1.82, 2.24) is 29.7 Å². The van der Waals surface area contributed by atoms with Crippen molar-refractivity contribution < 1.29 is 13.2 Å². The van der Waals surface area contributed by atoms with Crippen LogP contribution in [0.1, 0.15) is 25.3 Å². The summed E-state index contributed by atoms with van der Waals surface area (Å²) in [7, 11) is 0.219. The predicted molar refractivity (Wildman–Crippen MR) is 188 cm³/mol. The Morgan fingerprint density at radius 2 is 1.72 bits per heavy atom. The van der Waals surface area contributed by atoms with Crippen molar-refractivity contribution in [2.24, 2.45) is 0 Å². The number of fused-ring (bicyclic) bond motifs is 1. The molecule has 0 atom stereocenters. The van der Waals surface area contributed by atoms with E-state index in [-0.39, 0.29) is 28.2 Å². The molecular weight excluding hydrogens is 640 g/mol. The maximum Gasteiger partial charge on any atom is 0.232 e. The van der Waals surface area contributed by atoms with Crippen LogP contribution in [0.15, 0.2) is 42.9 Å². The van der Waals surface area contributed by atoms with Crippen molar-refractivity contribution in [1.29, 1.82) is 0 Å². The Bertz CT molecular complexity index is 1840. The lowest BCUT2D eigenvalue weighted by Gasteiger charge is -2.43. The van der Waals surface area contributed by atoms with Crippen molar-refractivity contribution in [2.45, 2.75) is 32.7 Å². The third-order valence-corrected chi connectivity index (χ3v) is 10.5. The summed E-state index contributed by atoms with van der Waals surface area (Å²) in [5.74, 6) is 1.12. The second-order valence-corrected chi connectivity index (χ2v) is 14.4. The number of piperidine rings is 1. The molecule has 2 aliphatic rings. The zero-order valence-corrected chi connectivity index (χ0v) is 28.7. The number of piperazine rings is 1. The van der Waals surface area contributed by atoms with E-state index in [4.69, 9.17) is 16.3 Å². The minimum absolute atomic E-state index is 0.111. The van der Waals surface area contributed by atoms with E-state index in [0.717, 1.165) is 63.4 Å². The number of nitrogens with zero attached hydrogens (tertiary/aromatic N) is 7. The standard InChI is InChI=1S/C32H41ClN10O3S/c1-5-47(44,45)40-30-25(7-6-24-29(30)35-11-10-34-24)37-31-23(33)20-36-32(39-31)38-26-18-21(2)27(19-28(26)46-4)43-12-8-22(9-13-43)42-16-14-41(3)15-17-42/h6-7,10-11,18-20,22,40H,5,8-9,12-17H2,1-4H3,(H2,36,37,38,39). The summed E-state index contributed by atoms with van der Waals surface area (Å²) in [4.78, 5) is 25.2. The number of methoxy groups -OCH3 is 1. The van der Waals surface area contributed by atoms with Crippen LogP contribution in [0, 0.1) is 6.92 Å². The van der Waals surface area contributed by atoms with Crippen LogP contribution >= 0.6 is 11.6 Å². The largest absolute Gasteiger partial charge is 0.494 e. The van der Waals surface area contributed by atoms with Crippen LogP contribution in [0.4, 0.5) is 34.5 Å². The second-order valence-electron chi connectivity index (χ2n) is 12.0. The van der Waals surface area contributed by atoms with Gasteiger partial charge in [0.1, 0.15) is 16.3 Å². The average molecular weight is 681 g/mol. The van der Waals surface area contributed by atoms with Crippen LogP contribution in [0.25, 0.3) is 11.0 Å². The molecule has 0 saturated carbocycles. The molecule has 0 unspecified atom stereocenters. The third-order valence-electron chi connectivity index (χ3n) is 8.90. The molecule has 2 fully saturated rings. The monoisotopic (exact) mass is 680 g/mol. The van der Waals surface area contributed by atoms with E-state index >= 15 is 0 Å². The molecule has 4 heterocycles. The molecule has 2 saturated heterocycles. The van der Waals surface area contributed by atoms with Crippen LogP contribution in [-0.4, -0.2) is 103 Å². The average Bonchev–Trinajstić information content (AvgIpc) is 3.08. The SMILES string of the molecule is CCS(=O)(=O)Nc1c(Nc2nc(Nc3cc(C)c(N4CCC(N5CCN(C)CC5)CC4)cc3OC)ncc2Cl)ccc2nccnc12. The van der Waals surface area contributed by atoms with Crippen molar-refractivity contribution in [3.8, 4) is 5.75 Å². The van der Waals surface area contributed by atoms with Gasteiger partial charge in [-0.15, -0.1) is 0 Å². The highest BCUT2D eigenvalue weighted by molar-refractivity contribution is 7.92. The van der Waals surface area contributed by atoms with Crippen LogP contribution in [0.2, 0.25) is 5.02 Å². The van der Waals surface area contributed by atoms with Crippen LogP contribution in [0.5, 0.6) is 5.75 Å². The summed E-state index contributed by atoms with van der Waals surface area (Å²) < 4.78 is 33.6. The number of halogens is 1. The number of sulfonamides is 1. The first-order valence-electron chi connectivity index (χ1n) is 15.8. The molecule has 2 aromatic heterocycles. The molecule has 13 nitrogen and oxygen atoms in total. The molecule has 2 aliphatic heterocycles. The molecule has 2 aromatic carbocycles. The summed E-state index contributed by atoms with van der Waals surface area (Å²) in [6.07, 6.45) is 6.82. The summed E-state index contributed by atoms with van der Waals surface area (Å²) in [6.45, 7) is 10.2. The molecule has 3 N–H and O–H groups in total. The van der Waals surface area contributed by atoms with E-state index in [0.29, 0.717) is 34.2 Å². The van der Waals surface area contributed by atoms with Crippen LogP contribution in [-0.2, 0) is 10.0 Å². The lowest BCUT2D eigenvalue weighted by atomic mass is 10.0. The Hall–Kier alpha value is -3.98. The molecule has 0 radical (unpaired) electrons. The summed E-state index contributed by atoms with van der Waals surface area (Å²) in [5.41, 5.74) is 4.58. The maximum absolute atomic E-state index is 12.6. The molecule has 0 bridgehead atoms. The van der Waals surface area contributed by atoms with Gasteiger partial charge in [-0.25, -0.2) is 13.4 Å². The highest BCUT2D eigenvalue weighted by Crippen LogP contribution is 2.37. The Morgan fingerprint density at radius 3 is 2.45 bits per heavy atom. The summed E-state index contributed by atoms with van der Waals surface area (Å²) in [6, 6.07) is 8.21. The van der Waals surface area contributed by atoms with Gasteiger partial charge in [-0.1, -0.05) is 11.6 Å². The Kier molecular flexibility index (Phi) is 9.82. The Morgan fingerprint density at radius 1 is 0.979 bits per heavy atom. The van der Waals surface area contributed by atoms with Gasteiger partial charge >= 0.3 is 0 Å². The summed E-state index contributed by atoms with van der Waals surface area (Å²) >= 11 is 6.52. The number of aryl methyl sites for hydroxylation is 1. The Labute approximate surface area is 280 Å². The Balaban J connectivity index is 1.21. The van der Waals surface area contributed by atoms with E-state index < -0.39 is 10.0 Å². The predicted octanol–water partition coefficient (Wildman–Crippen LogP) is 4.86. The van der Waals surface area contributed by atoms with E-state index in [2.05, 4.69) is 70.0 Å². The van der Waals surface area contributed by atoms with Gasteiger partial charge < -0.3 is 25.2 Å². The number of anilines is 6. The van der Waals surface area contributed by atoms with Gasteiger partial charge in [0, 0.05) is 69.5 Å². The molecule has 0 aliphatic carbocycles. The minimum Gasteiger partial charge on any atom is -0.494 e. The molecule has 15 heteroatoms. The van der Waals surface area contributed by atoms with Gasteiger partial charge in [0.25, 0.3) is 0 Å². The number of hydrogen-bond acceptors (Lipinski definition) is 12. The number of rotatable bonds is 10. The number of likely N-dealkylation sites (N-methyl/N-ethyl adjacent to an activating group) is 1. The van der Waals surface area contributed by atoms with E-state index in [1.807, 2.05) is 6.07 Å². The topological polar surface area (TPSA) is 141 Å². The molecule has 0 spiro atoms. The summed E-state index contributed by atoms with van der Waals surface area (Å²) in [5, 5.41) is 6.70. The fourth-order valence-electron chi connectivity index (χ4n) is 6.18. The zero-order valence-electron chi connectivity index (χ0n) is 27.1. The first kappa shape index (κ1) is 32.9. The molecule has 250 valence electrons. The third kappa shape index (κ3) is 7.45. The highest BCUT2D eigenvalue weighted by Gasteiger charge is 2.28. The van der Waals surface area contributed by atoms with Gasteiger partial charge in [-0.05, 0) is 57.5 Å². The fraction of sp³-hybridized carbons (Fsp3) is 0.438. The first-order valence-corrected chi connectivity index (χ1v) is 17.8. The molecule has 4 aromatic rings. The number of nitrogens with one attached hydrogen (secondary N) is 3. The molecule has 6 rings (SSSR count). The number of benzene rings is 2. The van der Waals surface area contributed by atoms with E-state index in [1.165, 1.54) is 12.4 Å². The number of ether oxygens (including phenoxy) is 1. The van der Waals surface area contributed by atoms with Gasteiger partial charge in [-0.2, -0.15) is 4.98 Å². The van der Waals surface area contributed by atoms with Crippen LogP contribution in [0.3, 0.4) is 0 Å². The highest BCUT2D eigenvalue weighted by atomic mass is 35.5. The number of aromatic nitrogens is 4. The maximum atomic E-state index is 12.6. The fourth-order valence-corrected chi connectivity index (χ4v) is 6.98. The van der Waals surface area contributed by atoms with E-state index in [1.54, 1.807) is 32.4 Å². The molecular formula is C32H41ClN10O3S. The van der Waals surface area contributed by atoms with Crippen molar-refractivity contribution in [3.05, 3.63) is 53.4 Å². The van der Waals surface area contributed by atoms with Crippen molar-refractivity contribution in [3.63, 3.8) is 0 Å². The zero-order chi connectivity index (χ0) is 33.1. The van der Waals surface area contributed by atoms with Gasteiger partial charge in [0.2, 0.25) is 16.0 Å². The van der Waals surface area contributed by atoms with Crippen molar-refractivity contribution >= 4 is 67.2 Å². The van der Waals surface area contributed by atoms with Gasteiger partial charge in [0.15, 0.2) is 5.82 Å². The molecule has 47 heavy (non-hydrogen) atoms. The van der Waals surface area contributed by atoms with Gasteiger partial charge in [0.05, 0.1) is 41.6 Å². The normalized spacial score (nSPS) is 16.7. The molecule has 0 amide bonds. The minimum atomic E-state index is -3.63. The van der Waals surface area contributed by atoms with Gasteiger partial charge in [-0.3, -0.25) is 19.6 Å². The second kappa shape index (κ2) is 14.0. The first-order chi connectivity index (χ1) is 22.6. The smallest absolute Gasteiger partial charge is 0.232 e. The lowest BCUT2D eigenvalue weighted by Crippen LogP contribution is -2.52.